The molecule has 2 rings (SSSR count). The summed E-state index contributed by atoms with van der Waals surface area (Å²) in [6.45, 7) is 4.10. The van der Waals surface area contributed by atoms with Crippen molar-refractivity contribution in [3.63, 3.8) is 0 Å². The lowest BCUT2D eigenvalue weighted by molar-refractivity contribution is -0.128. The number of halogens is 2. The highest BCUT2D eigenvalue weighted by molar-refractivity contribution is 9.10. The van der Waals surface area contributed by atoms with Gasteiger partial charge in [0.1, 0.15) is 5.82 Å². The fourth-order valence-corrected chi connectivity index (χ4v) is 6.41. The standard InChI is InChI=1S/C16H19BrFNO3S2/c1-2-6-19(9-12-8-13(17)3-4-15(12)18)16(20)10-23-14-5-7-24(21,22)11-14/h2-4,8,14H,1,5-7,9-11H2. The number of carbonyl (C=O) groups is 1. The highest BCUT2D eigenvalue weighted by Gasteiger charge is 2.29. The number of hydrogen-bond acceptors (Lipinski definition) is 4. The molecule has 1 saturated heterocycles. The van der Waals surface area contributed by atoms with Crippen LogP contribution in [-0.4, -0.2) is 48.3 Å². The number of thioether (sulfide) groups is 1. The van der Waals surface area contributed by atoms with E-state index in [0.717, 1.165) is 4.47 Å². The van der Waals surface area contributed by atoms with E-state index in [2.05, 4.69) is 22.5 Å². The zero-order valence-electron chi connectivity index (χ0n) is 13.1. The summed E-state index contributed by atoms with van der Waals surface area (Å²) in [7, 11) is -2.95. The van der Waals surface area contributed by atoms with Gasteiger partial charge in [-0.05, 0) is 24.6 Å². The maximum absolute atomic E-state index is 13.9. The van der Waals surface area contributed by atoms with Gasteiger partial charge in [-0.25, -0.2) is 12.8 Å². The first-order valence-corrected chi connectivity index (χ1v) is 11.1. The Bertz CT molecular complexity index is 724. The van der Waals surface area contributed by atoms with Crippen LogP contribution in [0.1, 0.15) is 12.0 Å². The SMILES string of the molecule is C=CCN(Cc1cc(Br)ccc1F)C(=O)CSC1CCS(=O)(=O)C1. The zero-order valence-corrected chi connectivity index (χ0v) is 16.3. The molecule has 8 heteroatoms. The molecule has 1 aromatic rings. The molecular formula is C16H19BrFNO3S2. The highest BCUT2D eigenvalue weighted by atomic mass is 79.9. The average Bonchev–Trinajstić information content (AvgIpc) is 2.87. The smallest absolute Gasteiger partial charge is 0.233 e. The van der Waals surface area contributed by atoms with Crippen LogP contribution in [0.2, 0.25) is 0 Å². The lowest BCUT2D eigenvalue weighted by atomic mass is 10.2. The summed E-state index contributed by atoms with van der Waals surface area (Å²) >= 11 is 4.66. The van der Waals surface area contributed by atoms with Crippen LogP contribution in [0.3, 0.4) is 0 Å². The quantitative estimate of drug-likeness (QED) is 0.617. The Kier molecular flexibility index (Phi) is 6.88. The molecule has 0 N–H and O–H groups in total. The van der Waals surface area contributed by atoms with Gasteiger partial charge in [0.25, 0.3) is 0 Å². The molecule has 132 valence electrons. The van der Waals surface area contributed by atoms with E-state index >= 15 is 0 Å². The molecule has 0 spiro atoms. The van der Waals surface area contributed by atoms with Gasteiger partial charge in [0, 0.05) is 28.4 Å². The van der Waals surface area contributed by atoms with Crippen LogP contribution < -0.4 is 0 Å². The van der Waals surface area contributed by atoms with Crippen LogP contribution in [0.25, 0.3) is 0 Å². The number of amides is 1. The van der Waals surface area contributed by atoms with Gasteiger partial charge < -0.3 is 4.90 Å². The molecule has 0 saturated carbocycles. The van der Waals surface area contributed by atoms with Crippen molar-refractivity contribution in [1.29, 1.82) is 0 Å². The molecule has 1 amide bonds. The monoisotopic (exact) mass is 435 g/mol. The molecule has 1 aromatic carbocycles. The van der Waals surface area contributed by atoms with Crippen LogP contribution in [-0.2, 0) is 21.2 Å². The second-order valence-electron chi connectivity index (χ2n) is 5.63. The number of nitrogens with zero attached hydrogens (tertiary/aromatic N) is 1. The molecule has 1 fully saturated rings. The van der Waals surface area contributed by atoms with Crippen LogP contribution in [0, 0.1) is 5.82 Å². The maximum Gasteiger partial charge on any atom is 0.233 e. The van der Waals surface area contributed by atoms with Gasteiger partial charge in [-0.2, -0.15) is 0 Å². The predicted molar refractivity (Wildman–Crippen MR) is 99.2 cm³/mol. The third kappa shape index (κ3) is 5.60. The van der Waals surface area contributed by atoms with E-state index in [0.29, 0.717) is 18.5 Å². The minimum atomic E-state index is -2.95. The first-order valence-electron chi connectivity index (χ1n) is 7.45. The molecule has 1 aliphatic heterocycles. The largest absolute Gasteiger partial charge is 0.334 e. The summed E-state index contributed by atoms with van der Waals surface area (Å²) in [5.41, 5.74) is 0.424. The summed E-state index contributed by atoms with van der Waals surface area (Å²) in [4.78, 5) is 13.9. The molecule has 0 aliphatic carbocycles. The Balaban J connectivity index is 1.97. The fourth-order valence-electron chi connectivity index (χ4n) is 2.45. The molecule has 1 atom stereocenters. The third-order valence-corrected chi connectivity index (χ3v) is 7.46. The van der Waals surface area contributed by atoms with Crippen molar-refractivity contribution in [3.05, 3.63) is 46.7 Å². The number of carbonyl (C=O) groups excluding carboxylic acids is 1. The Labute approximate surface area is 154 Å². The van der Waals surface area contributed by atoms with E-state index in [-0.39, 0.29) is 40.8 Å². The highest BCUT2D eigenvalue weighted by Crippen LogP contribution is 2.25. The van der Waals surface area contributed by atoms with Gasteiger partial charge >= 0.3 is 0 Å². The fraction of sp³-hybridized carbons (Fsp3) is 0.438. The first kappa shape index (κ1) is 19.5. The van der Waals surface area contributed by atoms with E-state index in [1.807, 2.05) is 0 Å². The van der Waals surface area contributed by atoms with Crippen LogP contribution in [0.5, 0.6) is 0 Å². The molecule has 1 aliphatic rings. The topological polar surface area (TPSA) is 54.5 Å². The van der Waals surface area contributed by atoms with Crippen molar-refractivity contribution in [1.82, 2.24) is 4.90 Å². The van der Waals surface area contributed by atoms with Crippen molar-refractivity contribution < 1.29 is 17.6 Å². The number of hydrogen-bond donors (Lipinski definition) is 0. The Hall–Kier alpha value is -0.860. The minimum Gasteiger partial charge on any atom is -0.334 e. The zero-order chi connectivity index (χ0) is 17.7. The number of sulfone groups is 1. The summed E-state index contributed by atoms with van der Waals surface area (Å²) in [6, 6.07) is 4.61. The van der Waals surface area contributed by atoms with Crippen LogP contribution in [0.4, 0.5) is 4.39 Å². The van der Waals surface area contributed by atoms with Gasteiger partial charge in [-0.3, -0.25) is 4.79 Å². The normalized spacial score (nSPS) is 19.2. The van der Waals surface area contributed by atoms with Gasteiger partial charge in [0.05, 0.1) is 17.3 Å². The Morgan fingerprint density at radius 3 is 2.88 bits per heavy atom. The summed E-state index contributed by atoms with van der Waals surface area (Å²) in [6.07, 6.45) is 2.18. The second kappa shape index (κ2) is 8.49. The van der Waals surface area contributed by atoms with Gasteiger partial charge in [-0.1, -0.05) is 22.0 Å². The Morgan fingerprint density at radius 2 is 2.25 bits per heavy atom. The lowest BCUT2D eigenvalue weighted by Gasteiger charge is -2.22. The van der Waals surface area contributed by atoms with E-state index in [9.17, 15) is 17.6 Å². The van der Waals surface area contributed by atoms with Crippen molar-refractivity contribution in [2.24, 2.45) is 0 Å². The molecule has 1 heterocycles. The van der Waals surface area contributed by atoms with Crippen LogP contribution >= 0.6 is 27.7 Å². The van der Waals surface area contributed by atoms with Crippen molar-refractivity contribution in [2.45, 2.75) is 18.2 Å². The van der Waals surface area contributed by atoms with Gasteiger partial charge in [0.15, 0.2) is 9.84 Å². The molecule has 1 unspecified atom stereocenters. The van der Waals surface area contributed by atoms with Crippen molar-refractivity contribution in [3.8, 4) is 0 Å². The molecule has 24 heavy (non-hydrogen) atoms. The summed E-state index contributed by atoms with van der Waals surface area (Å²) < 4.78 is 37.6. The number of benzene rings is 1. The predicted octanol–water partition coefficient (Wildman–Crippen LogP) is 3.02. The number of rotatable bonds is 7. The molecule has 4 nitrogen and oxygen atoms in total. The van der Waals surface area contributed by atoms with E-state index in [4.69, 9.17) is 0 Å². The average molecular weight is 436 g/mol. The molecular weight excluding hydrogens is 417 g/mol. The van der Waals surface area contributed by atoms with E-state index < -0.39 is 9.84 Å². The molecule has 0 radical (unpaired) electrons. The first-order chi connectivity index (χ1) is 11.3. The minimum absolute atomic E-state index is 0.0351. The van der Waals surface area contributed by atoms with Crippen LogP contribution in [0.15, 0.2) is 35.3 Å². The summed E-state index contributed by atoms with van der Waals surface area (Å²) in [5, 5.41) is -0.0351. The van der Waals surface area contributed by atoms with Crippen molar-refractivity contribution in [2.75, 3.05) is 23.8 Å². The van der Waals surface area contributed by atoms with E-state index in [1.54, 1.807) is 18.2 Å². The molecule has 0 bridgehead atoms. The van der Waals surface area contributed by atoms with Gasteiger partial charge in [-0.15, -0.1) is 18.3 Å². The third-order valence-electron chi connectivity index (χ3n) is 3.70. The van der Waals surface area contributed by atoms with Crippen molar-refractivity contribution >= 4 is 43.4 Å². The lowest BCUT2D eigenvalue weighted by Crippen LogP contribution is -2.33. The summed E-state index contributed by atoms with van der Waals surface area (Å²) in [5.74, 6) is -0.00685. The van der Waals surface area contributed by atoms with E-state index in [1.165, 1.54) is 22.7 Å². The second-order valence-corrected chi connectivity index (χ2v) is 10.1. The maximum atomic E-state index is 13.9. The Morgan fingerprint density at radius 1 is 1.50 bits per heavy atom. The molecule has 0 aromatic heterocycles. The van der Waals surface area contributed by atoms with Gasteiger partial charge in [0.2, 0.25) is 5.91 Å².